The van der Waals surface area contributed by atoms with E-state index in [1.807, 2.05) is 42.2 Å². The van der Waals surface area contributed by atoms with E-state index in [1.165, 1.54) is 5.56 Å². The lowest BCUT2D eigenvalue weighted by atomic mass is 10.0. The number of carbonyl (C=O) groups is 1. The maximum atomic E-state index is 13.2. The van der Waals surface area contributed by atoms with Crippen molar-refractivity contribution >= 4 is 11.6 Å². The lowest BCUT2D eigenvalue weighted by Crippen LogP contribution is -2.35. The normalized spacial score (nSPS) is 14.5. The van der Waals surface area contributed by atoms with Crippen molar-refractivity contribution in [3.8, 4) is 11.4 Å². The molecule has 0 aliphatic carbocycles. The third kappa shape index (κ3) is 4.47. The van der Waals surface area contributed by atoms with E-state index in [4.69, 9.17) is 4.74 Å². The van der Waals surface area contributed by atoms with E-state index in [-0.39, 0.29) is 11.7 Å². The second kappa shape index (κ2) is 9.42. The van der Waals surface area contributed by atoms with E-state index in [0.29, 0.717) is 19.0 Å². The Kier molecular flexibility index (Phi) is 6.44. The zero-order valence-electron chi connectivity index (χ0n) is 19.3. The van der Waals surface area contributed by atoms with Gasteiger partial charge in [-0.25, -0.2) is 9.67 Å². The van der Waals surface area contributed by atoms with Gasteiger partial charge < -0.3 is 14.5 Å². The molecule has 1 aliphatic heterocycles. The summed E-state index contributed by atoms with van der Waals surface area (Å²) in [5.41, 5.74) is 3.31. The third-order valence-electron chi connectivity index (χ3n) is 5.97. The minimum absolute atomic E-state index is 0.106. The molecule has 7 nitrogen and oxygen atoms in total. The van der Waals surface area contributed by atoms with Crippen LogP contribution in [0.25, 0.3) is 5.69 Å². The lowest BCUT2D eigenvalue weighted by Gasteiger charge is -2.23. The highest BCUT2D eigenvalue weighted by atomic mass is 16.5. The quantitative estimate of drug-likeness (QED) is 0.607. The fraction of sp³-hybridized carbons (Fsp3) is 0.400. The Morgan fingerprint density at radius 1 is 1.00 bits per heavy atom. The van der Waals surface area contributed by atoms with Crippen LogP contribution >= 0.6 is 0 Å². The number of aromatic nitrogens is 3. The van der Waals surface area contributed by atoms with Crippen LogP contribution in [0.3, 0.4) is 0 Å². The van der Waals surface area contributed by atoms with Crippen molar-refractivity contribution in [1.29, 1.82) is 0 Å². The largest absolute Gasteiger partial charge is 0.497 e. The SMILES string of the molecule is COc1ccc(N2CCCN(C(=O)c3nc(C)n(-c4ccccc4C(C)C)n3)CC2)cc1. The molecule has 0 N–H and O–H groups in total. The predicted octanol–water partition coefficient (Wildman–Crippen LogP) is 4.06. The molecule has 0 saturated carbocycles. The molecular formula is C25H31N5O2. The number of nitrogens with zero attached hydrogens (tertiary/aromatic N) is 5. The van der Waals surface area contributed by atoms with Crippen LogP contribution < -0.4 is 9.64 Å². The Hall–Kier alpha value is -3.35. The van der Waals surface area contributed by atoms with Gasteiger partial charge in [0.25, 0.3) is 5.91 Å². The second-order valence-electron chi connectivity index (χ2n) is 8.44. The van der Waals surface area contributed by atoms with Crippen molar-refractivity contribution in [1.82, 2.24) is 19.7 Å². The molecule has 1 saturated heterocycles. The molecule has 32 heavy (non-hydrogen) atoms. The highest BCUT2D eigenvalue weighted by Gasteiger charge is 2.25. The van der Waals surface area contributed by atoms with Gasteiger partial charge in [-0.15, -0.1) is 5.10 Å². The molecule has 1 aliphatic rings. The first kappa shape index (κ1) is 21.9. The van der Waals surface area contributed by atoms with Crippen molar-refractivity contribution in [2.45, 2.75) is 33.1 Å². The van der Waals surface area contributed by atoms with Gasteiger partial charge in [-0.05, 0) is 55.2 Å². The highest BCUT2D eigenvalue weighted by molar-refractivity contribution is 5.90. The van der Waals surface area contributed by atoms with E-state index >= 15 is 0 Å². The molecule has 1 aromatic heterocycles. The van der Waals surface area contributed by atoms with E-state index in [9.17, 15) is 4.79 Å². The van der Waals surface area contributed by atoms with Crippen LogP contribution in [-0.2, 0) is 0 Å². The summed E-state index contributed by atoms with van der Waals surface area (Å²) in [6.07, 6.45) is 0.896. The van der Waals surface area contributed by atoms with Gasteiger partial charge in [0.1, 0.15) is 11.6 Å². The molecule has 168 valence electrons. The molecule has 3 aromatic rings. The van der Waals surface area contributed by atoms with Crippen LogP contribution in [-0.4, -0.2) is 58.9 Å². The highest BCUT2D eigenvalue weighted by Crippen LogP contribution is 2.24. The molecule has 1 amide bonds. The molecule has 0 spiro atoms. The molecular weight excluding hydrogens is 402 g/mol. The molecule has 7 heteroatoms. The summed E-state index contributed by atoms with van der Waals surface area (Å²) in [4.78, 5) is 22.0. The Bertz CT molecular complexity index is 1070. The smallest absolute Gasteiger partial charge is 0.293 e. The first-order chi connectivity index (χ1) is 15.5. The second-order valence-corrected chi connectivity index (χ2v) is 8.44. The Morgan fingerprint density at radius 3 is 2.47 bits per heavy atom. The molecule has 0 bridgehead atoms. The number of carbonyl (C=O) groups excluding carboxylic acids is 1. The van der Waals surface area contributed by atoms with Gasteiger partial charge in [0.2, 0.25) is 5.82 Å². The van der Waals surface area contributed by atoms with Crippen molar-refractivity contribution < 1.29 is 9.53 Å². The van der Waals surface area contributed by atoms with Crippen LogP contribution in [0.15, 0.2) is 48.5 Å². The van der Waals surface area contributed by atoms with Gasteiger partial charge >= 0.3 is 0 Å². The Labute approximate surface area is 189 Å². The number of anilines is 1. The molecule has 1 fully saturated rings. The molecule has 0 radical (unpaired) electrons. The predicted molar refractivity (Wildman–Crippen MR) is 126 cm³/mol. The van der Waals surface area contributed by atoms with Crippen LogP contribution in [0, 0.1) is 6.92 Å². The van der Waals surface area contributed by atoms with Gasteiger partial charge in [0.05, 0.1) is 12.8 Å². The summed E-state index contributed by atoms with van der Waals surface area (Å²) in [5.74, 6) is 2.07. The van der Waals surface area contributed by atoms with Crippen LogP contribution in [0.4, 0.5) is 5.69 Å². The molecule has 4 rings (SSSR count). The average Bonchev–Trinajstić information content (AvgIpc) is 3.03. The van der Waals surface area contributed by atoms with Crippen LogP contribution in [0.1, 0.15) is 48.2 Å². The summed E-state index contributed by atoms with van der Waals surface area (Å²) in [5, 5.41) is 4.61. The average molecular weight is 434 g/mol. The van der Waals surface area contributed by atoms with Gasteiger partial charge in [-0.2, -0.15) is 0 Å². The number of hydrogen-bond donors (Lipinski definition) is 0. The fourth-order valence-electron chi connectivity index (χ4n) is 4.19. The summed E-state index contributed by atoms with van der Waals surface area (Å²) in [7, 11) is 1.67. The molecule has 2 aromatic carbocycles. The summed E-state index contributed by atoms with van der Waals surface area (Å²) in [6, 6.07) is 16.2. The lowest BCUT2D eigenvalue weighted by molar-refractivity contribution is 0.0755. The van der Waals surface area contributed by atoms with Gasteiger partial charge in [0.15, 0.2) is 0 Å². The maximum absolute atomic E-state index is 13.2. The number of para-hydroxylation sites is 1. The summed E-state index contributed by atoms with van der Waals surface area (Å²) >= 11 is 0. The maximum Gasteiger partial charge on any atom is 0.293 e. The minimum atomic E-state index is -0.106. The first-order valence-electron chi connectivity index (χ1n) is 11.2. The number of amides is 1. The fourth-order valence-corrected chi connectivity index (χ4v) is 4.19. The van der Waals surface area contributed by atoms with E-state index in [0.717, 1.165) is 42.5 Å². The number of rotatable bonds is 5. The van der Waals surface area contributed by atoms with Gasteiger partial charge in [-0.3, -0.25) is 4.79 Å². The number of hydrogen-bond acceptors (Lipinski definition) is 5. The number of aryl methyl sites for hydroxylation is 1. The Morgan fingerprint density at radius 2 is 1.75 bits per heavy atom. The molecule has 0 atom stereocenters. The monoisotopic (exact) mass is 433 g/mol. The van der Waals surface area contributed by atoms with Crippen molar-refractivity contribution in [2.75, 3.05) is 38.2 Å². The topological polar surface area (TPSA) is 63.5 Å². The van der Waals surface area contributed by atoms with E-state index < -0.39 is 0 Å². The van der Waals surface area contributed by atoms with Crippen LogP contribution in [0.2, 0.25) is 0 Å². The minimum Gasteiger partial charge on any atom is -0.497 e. The first-order valence-corrected chi connectivity index (χ1v) is 11.2. The number of benzene rings is 2. The number of methoxy groups -OCH3 is 1. The van der Waals surface area contributed by atoms with E-state index in [2.05, 4.69) is 47.0 Å². The summed E-state index contributed by atoms with van der Waals surface area (Å²) < 4.78 is 7.05. The number of ether oxygens (including phenoxy) is 1. The zero-order valence-corrected chi connectivity index (χ0v) is 19.3. The van der Waals surface area contributed by atoms with Crippen molar-refractivity contribution in [2.24, 2.45) is 0 Å². The standard InChI is InChI=1S/C25H31N5O2/c1-18(2)22-8-5-6-9-23(22)30-19(3)26-24(27-30)25(31)29-15-7-14-28(16-17-29)20-10-12-21(32-4)13-11-20/h5-6,8-13,18H,7,14-17H2,1-4H3. The van der Waals surface area contributed by atoms with Crippen molar-refractivity contribution in [3.05, 3.63) is 65.7 Å². The van der Waals surface area contributed by atoms with Gasteiger partial charge in [-0.1, -0.05) is 32.0 Å². The van der Waals surface area contributed by atoms with Crippen molar-refractivity contribution in [3.63, 3.8) is 0 Å². The van der Waals surface area contributed by atoms with Gasteiger partial charge in [0, 0.05) is 31.9 Å². The molecule has 0 unspecified atom stereocenters. The van der Waals surface area contributed by atoms with E-state index in [1.54, 1.807) is 11.8 Å². The summed E-state index contributed by atoms with van der Waals surface area (Å²) in [6.45, 7) is 9.22. The third-order valence-corrected chi connectivity index (χ3v) is 5.97. The molecule has 2 heterocycles. The Balaban J connectivity index is 1.50. The van der Waals surface area contributed by atoms with Crippen LogP contribution in [0.5, 0.6) is 5.75 Å². The zero-order chi connectivity index (χ0) is 22.7.